The van der Waals surface area contributed by atoms with Gasteiger partial charge in [0.25, 0.3) is 0 Å². The van der Waals surface area contributed by atoms with Crippen LogP contribution < -0.4 is 5.32 Å². The number of benzene rings is 1. The molecule has 0 saturated carbocycles. The van der Waals surface area contributed by atoms with E-state index in [4.69, 9.17) is 0 Å². The van der Waals surface area contributed by atoms with Crippen LogP contribution in [-0.2, 0) is 5.41 Å². The van der Waals surface area contributed by atoms with Crippen molar-refractivity contribution in [3.05, 3.63) is 34.3 Å². The van der Waals surface area contributed by atoms with E-state index in [2.05, 4.69) is 73.2 Å². The summed E-state index contributed by atoms with van der Waals surface area (Å²) in [7, 11) is 0. The lowest BCUT2D eigenvalue weighted by Gasteiger charge is -2.29. The third kappa shape index (κ3) is 4.71. The Kier molecular flexibility index (Phi) is 5.38. The maximum atomic E-state index is 9.23. The van der Waals surface area contributed by atoms with E-state index in [1.807, 2.05) is 0 Å². The Morgan fingerprint density at radius 1 is 1.06 bits per heavy atom. The number of aliphatic hydroxyl groups is 1. The molecule has 2 N–H and O–H groups in total. The summed E-state index contributed by atoms with van der Waals surface area (Å²) < 4.78 is 1.11. The fourth-order valence-electron chi connectivity index (χ4n) is 1.77. The highest BCUT2D eigenvalue weighted by atomic mass is 79.9. The minimum Gasteiger partial charge on any atom is -0.396 e. The lowest BCUT2D eigenvalue weighted by atomic mass is 9.84. The molecule has 1 rings (SSSR count). The average molecular weight is 314 g/mol. The van der Waals surface area contributed by atoms with Crippen LogP contribution in [0.5, 0.6) is 0 Å². The fourth-order valence-corrected chi connectivity index (χ4v) is 2.04. The molecule has 0 radical (unpaired) electrons. The smallest absolute Gasteiger partial charge is 0.0494 e. The van der Waals surface area contributed by atoms with Crippen LogP contribution in [0.25, 0.3) is 0 Å². The summed E-state index contributed by atoms with van der Waals surface area (Å²) in [5.41, 5.74) is 1.35. The zero-order chi connectivity index (χ0) is 13.8. The van der Waals surface area contributed by atoms with Gasteiger partial charge in [-0.15, -0.1) is 0 Å². The van der Waals surface area contributed by atoms with E-state index < -0.39 is 0 Å². The Bertz CT molecular complexity index is 371. The number of nitrogens with one attached hydrogen (secondary N) is 1. The molecule has 0 aliphatic carbocycles. The van der Waals surface area contributed by atoms with Gasteiger partial charge in [0.1, 0.15) is 0 Å². The number of aliphatic hydroxyl groups excluding tert-OH is 1. The van der Waals surface area contributed by atoms with Gasteiger partial charge in [0, 0.05) is 35.0 Å². The van der Waals surface area contributed by atoms with Crippen LogP contribution in [0, 0.1) is 5.41 Å². The van der Waals surface area contributed by atoms with Crippen LogP contribution in [0.2, 0.25) is 0 Å². The van der Waals surface area contributed by atoms with E-state index in [9.17, 15) is 5.11 Å². The number of hydrogen-bond acceptors (Lipinski definition) is 2. The summed E-state index contributed by atoms with van der Waals surface area (Å²) in [6.07, 6.45) is 0. The molecule has 0 aliphatic heterocycles. The largest absolute Gasteiger partial charge is 0.396 e. The zero-order valence-electron chi connectivity index (χ0n) is 11.8. The first kappa shape index (κ1) is 15.7. The van der Waals surface area contributed by atoms with Gasteiger partial charge in [0.05, 0.1) is 0 Å². The number of hydrogen-bond donors (Lipinski definition) is 2. The molecule has 0 bridgehead atoms. The van der Waals surface area contributed by atoms with Gasteiger partial charge in [-0.05, 0) is 17.7 Å². The number of halogens is 1. The van der Waals surface area contributed by atoms with E-state index >= 15 is 0 Å². The van der Waals surface area contributed by atoms with Crippen molar-refractivity contribution in [3.8, 4) is 0 Å². The molecule has 0 fully saturated rings. The molecular weight excluding hydrogens is 290 g/mol. The molecule has 0 aromatic heterocycles. The second-order valence-electron chi connectivity index (χ2n) is 6.32. The molecule has 2 nitrogen and oxygen atoms in total. The molecular formula is C15H24BrNO. The van der Waals surface area contributed by atoms with Gasteiger partial charge in [0.2, 0.25) is 0 Å². The lowest BCUT2D eigenvalue weighted by molar-refractivity contribution is 0.155. The van der Waals surface area contributed by atoms with E-state index in [0.29, 0.717) is 0 Å². The summed E-state index contributed by atoms with van der Waals surface area (Å²) in [5, 5.41) is 12.7. The van der Waals surface area contributed by atoms with E-state index in [0.717, 1.165) is 17.6 Å². The summed E-state index contributed by atoms with van der Waals surface area (Å²) >= 11 is 3.46. The van der Waals surface area contributed by atoms with E-state index in [1.165, 1.54) is 5.56 Å². The van der Waals surface area contributed by atoms with Gasteiger partial charge in [-0.2, -0.15) is 0 Å². The normalized spacial score (nSPS) is 12.8. The molecule has 0 saturated heterocycles. The van der Waals surface area contributed by atoms with Crippen molar-refractivity contribution >= 4 is 15.9 Å². The van der Waals surface area contributed by atoms with Crippen LogP contribution >= 0.6 is 15.9 Å². The first-order valence-electron chi connectivity index (χ1n) is 6.34. The molecule has 0 spiro atoms. The van der Waals surface area contributed by atoms with Gasteiger partial charge in [0.15, 0.2) is 0 Å². The molecule has 102 valence electrons. The van der Waals surface area contributed by atoms with Crippen LogP contribution in [0.15, 0.2) is 28.7 Å². The maximum Gasteiger partial charge on any atom is 0.0494 e. The van der Waals surface area contributed by atoms with Crippen molar-refractivity contribution in [2.75, 3.05) is 19.7 Å². The van der Waals surface area contributed by atoms with Crippen LogP contribution in [0.3, 0.4) is 0 Å². The Balaban J connectivity index is 2.57. The van der Waals surface area contributed by atoms with E-state index in [-0.39, 0.29) is 17.4 Å². The SMILES string of the molecule is CC(C)(CO)CNCC(C)(C)c1ccc(Br)cc1. The van der Waals surface area contributed by atoms with Crippen molar-refractivity contribution in [1.82, 2.24) is 5.32 Å². The molecule has 1 aromatic rings. The van der Waals surface area contributed by atoms with Gasteiger partial charge >= 0.3 is 0 Å². The van der Waals surface area contributed by atoms with Crippen LogP contribution in [0.1, 0.15) is 33.3 Å². The number of rotatable bonds is 6. The first-order valence-corrected chi connectivity index (χ1v) is 7.14. The van der Waals surface area contributed by atoms with Crippen molar-refractivity contribution in [3.63, 3.8) is 0 Å². The Morgan fingerprint density at radius 3 is 2.11 bits per heavy atom. The summed E-state index contributed by atoms with van der Waals surface area (Å²) in [6.45, 7) is 10.5. The van der Waals surface area contributed by atoms with Crippen molar-refractivity contribution in [2.45, 2.75) is 33.1 Å². The lowest BCUT2D eigenvalue weighted by Crippen LogP contribution is -2.39. The average Bonchev–Trinajstić information content (AvgIpc) is 2.29. The molecule has 18 heavy (non-hydrogen) atoms. The monoisotopic (exact) mass is 313 g/mol. The van der Waals surface area contributed by atoms with Crippen molar-refractivity contribution in [2.24, 2.45) is 5.41 Å². The highest BCUT2D eigenvalue weighted by Crippen LogP contribution is 2.24. The summed E-state index contributed by atoms with van der Waals surface area (Å²) in [4.78, 5) is 0. The molecule has 1 aromatic carbocycles. The molecule has 0 amide bonds. The van der Waals surface area contributed by atoms with Crippen LogP contribution in [0.4, 0.5) is 0 Å². The second-order valence-corrected chi connectivity index (χ2v) is 7.23. The van der Waals surface area contributed by atoms with Gasteiger partial charge in [-0.1, -0.05) is 55.8 Å². The Morgan fingerprint density at radius 2 is 1.61 bits per heavy atom. The Hall–Kier alpha value is -0.380. The summed E-state index contributed by atoms with van der Waals surface area (Å²) in [6, 6.07) is 8.47. The van der Waals surface area contributed by atoms with Crippen molar-refractivity contribution in [1.29, 1.82) is 0 Å². The van der Waals surface area contributed by atoms with E-state index in [1.54, 1.807) is 0 Å². The topological polar surface area (TPSA) is 32.3 Å². The standard InChI is InChI=1S/C15H24BrNO/c1-14(2,11-18)9-17-10-15(3,4)12-5-7-13(16)8-6-12/h5-8,17-18H,9-11H2,1-4H3. The summed E-state index contributed by atoms with van der Waals surface area (Å²) in [5.74, 6) is 0. The predicted octanol–water partition coefficient (Wildman–Crippen LogP) is 3.33. The fraction of sp³-hybridized carbons (Fsp3) is 0.600. The Labute approximate surface area is 119 Å². The maximum absolute atomic E-state index is 9.23. The first-order chi connectivity index (χ1) is 8.27. The third-order valence-electron chi connectivity index (χ3n) is 3.22. The molecule has 0 atom stereocenters. The molecule has 0 heterocycles. The third-order valence-corrected chi connectivity index (χ3v) is 3.75. The predicted molar refractivity (Wildman–Crippen MR) is 80.9 cm³/mol. The highest BCUT2D eigenvalue weighted by Gasteiger charge is 2.22. The van der Waals surface area contributed by atoms with Gasteiger partial charge in [-0.25, -0.2) is 0 Å². The minimum atomic E-state index is -0.0597. The molecule has 0 aliphatic rings. The van der Waals surface area contributed by atoms with Crippen LogP contribution in [-0.4, -0.2) is 24.8 Å². The molecule has 0 unspecified atom stereocenters. The molecule has 3 heteroatoms. The van der Waals surface area contributed by atoms with Gasteiger partial charge in [-0.3, -0.25) is 0 Å². The quantitative estimate of drug-likeness (QED) is 0.844. The second kappa shape index (κ2) is 6.18. The zero-order valence-corrected chi connectivity index (χ0v) is 13.3. The van der Waals surface area contributed by atoms with Gasteiger partial charge < -0.3 is 10.4 Å². The highest BCUT2D eigenvalue weighted by molar-refractivity contribution is 9.10. The minimum absolute atomic E-state index is 0.0597. The van der Waals surface area contributed by atoms with Crippen molar-refractivity contribution < 1.29 is 5.11 Å².